The number of carbonyl (C=O) groups is 1. The Hall–Kier alpha value is -1.10. The summed E-state index contributed by atoms with van der Waals surface area (Å²) in [5, 5.41) is 7.23. The van der Waals surface area contributed by atoms with Crippen molar-refractivity contribution in [2.24, 2.45) is 0 Å². The van der Waals surface area contributed by atoms with Crippen molar-refractivity contribution in [2.45, 2.75) is 0 Å². The van der Waals surface area contributed by atoms with Crippen molar-refractivity contribution in [2.75, 3.05) is 0 Å². The standard InChI is InChI=1S/C9H4Cl3N3O/c10-6-2-7(11)8(1-5(6)9(12)16)15-3-13-14-4-15/h1-4H. The summed E-state index contributed by atoms with van der Waals surface area (Å²) < 4.78 is 1.56. The van der Waals surface area contributed by atoms with Crippen molar-refractivity contribution in [3.05, 3.63) is 40.4 Å². The minimum atomic E-state index is -0.643. The molecule has 0 unspecified atom stereocenters. The van der Waals surface area contributed by atoms with Crippen LogP contribution in [0.2, 0.25) is 10.0 Å². The second kappa shape index (κ2) is 4.41. The van der Waals surface area contributed by atoms with E-state index >= 15 is 0 Å². The fourth-order valence-electron chi connectivity index (χ4n) is 1.21. The number of benzene rings is 1. The van der Waals surface area contributed by atoms with Crippen LogP contribution in [-0.2, 0) is 0 Å². The van der Waals surface area contributed by atoms with Gasteiger partial charge in [-0.2, -0.15) is 0 Å². The summed E-state index contributed by atoms with van der Waals surface area (Å²) in [4.78, 5) is 11.1. The average molecular weight is 277 g/mol. The van der Waals surface area contributed by atoms with Gasteiger partial charge in [-0.3, -0.25) is 9.36 Å². The average Bonchev–Trinajstić information content (AvgIpc) is 2.70. The van der Waals surface area contributed by atoms with Gasteiger partial charge in [0.15, 0.2) is 0 Å². The molecule has 0 saturated carbocycles. The van der Waals surface area contributed by atoms with E-state index in [1.165, 1.54) is 24.8 Å². The zero-order valence-corrected chi connectivity index (χ0v) is 9.96. The van der Waals surface area contributed by atoms with Gasteiger partial charge < -0.3 is 0 Å². The van der Waals surface area contributed by atoms with Crippen molar-refractivity contribution in [3.8, 4) is 5.69 Å². The van der Waals surface area contributed by atoms with E-state index in [2.05, 4.69) is 10.2 Å². The van der Waals surface area contributed by atoms with Gasteiger partial charge in [0, 0.05) is 0 Å². The number of hydrogen-bond acceptors (Lipinski definition) is 3. The molecular formula is C9H4Cl3N3O. The van der Waals surface area contributed by atoms with E-state index in [1.54, 1.807) is 4.57 Å². The lowest BCUT2D eigenvalue weighted by Gasteiger charge is -2.07. The fraction of sp³-hybridized carbons (Fsp3) is 0. The zero-order valence-electron chi connectivity index (χ0n) is 7.69. The molecule has 0 N–H and O–H groups in total. The molecule has 2 aromatic rings. The molecule has 7 heteroatoms. The van der Waals surface area contributed by atoms with Gasteiger partial charge in [0.25, 0.3) is 5.24 Å². The van der Waals surface area contributed by atoms with E-state index < -0.39 is 5.24 Å². The van der Waals surface area contributed by atoms with E-state index in [0.717, 1.165) is 0 Å². The Balaban J connectivity index is 2.63. The molecule has 0 fully saturated rings. The Morgan fingerprint density at radius 3 is 2.31 bits per heavy atom. The lowest BCUT2D eigenvalue weighted by molar-refractivity contribution is 0.108. The highest BCUT2D eigenvalue weighted by atomic mass is 35.5. The highest BCUT2D eigenvalue weighted by molar-refractivity contribution is 6.68. The number of halogens is 3. The van der Waals surface area contributed by atoms with Gasteiger partial charge in [0.05, 0.1) is 21.3 Å². The molecule has 0 spiro atoms. The summed E-state index contributed by atoms with van der Waals surface area (Å²) >= 11 is 17.2. The number of rotatable bonds is 2. The van der Waals surface area contributed by atoms with E-state index in [0.29, 0.717) is 10.7 Å². The van der Waals surface area contributed by atoms with Gasteiger partial charge in [-0.15, -0.1) is 10.2 Å². The topological polar surface area (TPSA) is 47.8 Å². The van der Waals surface area contributed by atoms with Crippen molar-refractivity contribution < 1.29 is 4.79 Å². The molecule has 0 aliphatic carbocycles. The van der Waals surface area contributed by atoms with Crippen LogP contribution in [0.1, 0.15) is 10.4 Å². The van der Waals surface area contributed by atoms with Crippen LogP contribution in [0.25, 0.3) is 5.69 Å². The molecule has 0 atom stereocenters. The van der Waals surface area contributed by atoms with Crippen LogP contribution in [0.4, 0.5) is 0 Å². The van der Waals surface area contributed by atoms with Crippen molar-refractivity contribution >= 4 is 40.0 Å². The third kappa shape index (κ3) is 2.04. The van der Waals surface area contributed by atoms with Crippen molar-refractivity contribution in [1.82, 2.24) is 14.8 Å². The molecule has 1 aromatic carbocycles. The van der Waals surface area contributed by atoms with E-state index in [-0.39, 0.29) is 10.6 Å². The largest absolute Gasteiger partial charge is 0.287 e. The maximum absolute atomic E-state index is 11.1. The highest BCUT2D eigenvalue weighted by Gasteiger charge is 2.13. The molecule has 4 nitrogen and oxygen atoms in total. The lowest BCUT2D eigenvalue weighted by Crippen LogP contribution is -1.97. The Morgan fingerprint density at radius 2 is 1.75 bits per heavy atom. The molecule has 0 bridgehead atoms. The van der Waals surface area contributed by atoms with Crippen LogP contribution >= 0.6 is 34.8 Å². The van der Waals surface area contributed by atoms with Gasteiger partial charge >= 0.3 is 0 Å². The maximum Gasteiger partial charge on any atom is 0.253 e. The Labute approximate surface area is 106 Å². The molecular weight excluding hydrogens is 272 g/mol. The third-order valence-corrected chi connectivity index (χ3v) is 2.76. The first kappa shape index (κ1) is 11.4. The predicted octanol–water partition coefficient (Wildman–Crippen LogP) is 2.95. The minimum Gasteiger partial charge on any atom is -0.287 e. The first-order chi connectivity index (χ1) is 7.59. The molecule has 16 heavy (non-hydrogen) atoms. The van der Waals surface area contributed by atoms with Crippen LogP contribution in [-0.4, -0.2) is 20.0 Å². The van der Waals surface area contributed by atoms with Gasteiger partial charge in [-0.05, 0) is 23.7 Å². The summed E-state index contributed by atoms with van der Waals surface area (Å²) in [7, 11) is 0. The molecule has 2 rings (SSSR count). The molecule has 0 saturated heterocycles. The summed E-state index contributed by atoms with van der Waals surface area (Å²) in [6.45, 7) is 0. The van der Waals surface area contributed by atoms with E-state index in [9.17, 15) is 4.79 Å². The summed E-state index contributed by atoms with van der Waals surface area (Å²) in [6.07, 6.45) is 2.91. The molecule has 0 aliphatic rings. The predicted molar refractivity (Wildman–Crippen MR) is 61.6 cm³/mol. The van der Waals surface area contributed by atoms with Crippen molar-refractivity contribution in [1.29, 1.82) is 0 Å². The number of hydrogen-bond donors (Lipinski definition) is 0. The maximum atomic E-state index is 11.1. The summed E-state index contributed by atoms with van der Waals surface area (Å²) in [5.41, 5.74) is 0.733. The number of carbonyl (C=O) groups excluding carboxylic acids is 1. The molecule has 1 heterocycles. The van der Waals surface area contributed by atoms with Crippen LogP contribution in [0, 0.1) is 0 Å². The lowest BCUT2D eigenvalue weighted by atomic mass is 10.2. The van der Waals surface area contributed by atoms with Gasteiger partial charge in [0.2, 0.25) is 0 Å². The first-order valence-corrected chi connectivity index (χ1v) is 5.27. The van der Waals surface area contributed by atoms with Crippen molar-refractivity contribution in [3.63, 3.8) is 0 Å². The number of nitrogens with zero attached hydrogens (tertiary/aromatic N) is 3. The summed E-state index contributed by atoms with van der Waals surface area (Å²) in [5.74, 6) is 0. The number of aromatic nitrogens is 3. The van der Waals surface area contributed by atoms with Crippen LogP contribution in [0.3, 0.4) is 0 Å². The third-order valence-electron chi connectivity index (χ3n) is 1.95. The van der Waals surface area contributed by atoms with E-state index in [4.69, 9.17) is 34.8 Å². The normalized spacial score (nSPS) is 10.4. The molecule has 82 valence electrons. The quantitative estimate of drug-likeness (QED) is 0.792. The molecule has 0 aliphatic heterocycles. The van der Waals surface area contributed by atoms with Gasteiger partial charge in [0.1, 0.15) is 12.7 Å². The molecule has 0 amide bonds. The first-order valence-electron chi connectivity index (χ1n) is 4.13. The Bertz CT molecular complexity index is 539. The SMILES string of the molecule is O=C(Cl)c1cc(-n2cnnc2)c(Cl)cc1Cl. The Kier molecular flexibility index (Phi) is 3.14. The van der Waals surface area contributed by atoms with Gasteiger partial charge in [-0.1, -0.05) is 23.2 Å². The summed E-state index contributed by atoms with van der Waals surface area (Å²) in [6, 6.07) is 2.94. The second-order valence-electron chi connectivity index (χ2n) is 2.93. The van der Waals surface area contributed by atoms with Gasteiger partial charge in [-0.25, -0.2) is 0 Å². The molecule has 0 radical (unpaired) electrons. The van der Waals surface area contributed by atoms with Crippen LogP contribution in [0.5, 0.6) is 0 Å². The van der Waals surface area contributed by atoms with E-state index in [1.807, 2.05) is 0 Å². The smallest absolute Gasteiger partial charge is 0.253 e. The highest BCUT2D eigenvalue weighted by Crippen LogP contribution is 2.28. The monoisotopic (exact) mass is 275 g/mol. The fourth-order valence-corrected chi connectivity index (χ4v) is 1.98. The Morgan fingerprint density at radius 1 is 1.12 bits per heavy atom. The van der Waals surface area contributed by atoms with Crippen LogP contribution in [0.15, 0.2) is 24.8 Å². The second-order valence-corrected chi connectivity index (χ2v) is 4.08. The molecule has 1 aromatic heterocycles. The minimum absolute atomic E-state index is 0.191. The zero-order chi connectivity index (χ0) is 11.7. The van der Waals surface area contributed by atoms with Crippen LogP contribution < -0.4 is 0 Å².